The third-order valence-corrected chi connectivity index (χ3v) is 28.7. The van der Waals surface area contributed by atoms with Crippen molar-refractivity contribution in [3.8, 4) is 0 Å². The fourth-order valence-corrected chi connectivity index (χ4v) is 15.3. The Morgan fingerprint density at radius 1 is 0.685 bits per heavy atom. The summed E-state index contributed by atoms with van der Waals surface area (Å²) in [4.78, 5) is 69.3. The first-order chi connectivity index (χ1) is 42.0. The number of carbonyl (C=O) groups excluding carboxylic acids is 5. The molecule has 18 nitrogen and oxygen atoms in total. The molecule has 8 heterocycles. The summed E-state index contributed by atoms with van der Waals surface area (Å²) in [7, 11) is -2.24. The molecule has 89 heavy (non-hydrogen) atoms. The van der Waals surface area contributed by atoms with E-state index < -0.39 is 114 Å². The minimum Gasteiger partial charge on any atom is -0.459 e. The van der Waals surface area contributed by atoms with Gasteiger partial charge in [0.15, 0.2) is 22.4 Å². The van der Waals surface area contributed by atoms with Crippen molar-refractivity contribution >= 4 is 46.1 Å². The molecule has 0 spiro atoms. The van der Waals surface area contributed by atoms with Gasteiger partial charge < -0.3 is 61.3 Å². The zero-order valence-corrected chi connectivity index (χ0v) is 56.9. The topological polar surface area (TPSA) is 216 Å². The molecule has 0 radical (unpaired) electrons. The molecule has 2 aromatic rings. The number of ketones is 2. The fourth-order valence-electron chi connectivity index (χ4n) is 12.7. The van der Waals surface area contributed by atoms with Gasteiger partial charge in [0.1, 0.15) is 56.1 Å². The van der Waals surface area contributed by atoms with Crippen LogP contribution in [-0.4, -0.2) is 177 Å². The summed E-state index contributed by atoms with van der Waals surface area (Å²) >= 11 is 0. The Hall–Kier alpha value is -4.56. The lowest BCUT2D eigenvalue weighted by molar-refractivity contribution is -0.269. The first-order valence-corrected chi connectivity index (χ1v) is 37.9. The van der Waals surface area contributed by atoms with Gasteiger partial charge in [-0.05, 0) is 130 Å². The number of rotatable bonds is 16. The van der Waals surface area contributed by atoms with Gasteiger partial charge in [-0.1, -0.05) is 96.2 Å². The first kappa shape index (κ1) is 70.3. The third-order valence-electron chi connectivity index (χ3n) is 19.8. The Labute approximate surface area is 529 Å². The van der Waals surface area contributed by atoms with Crippen molar-refractivity contribution in [2.75, 3.05) is 34.0 Å². The third kappa shape index (κ3) is 18.2. The number of fused-ring (bicyclic) bond motifs is 2. The molecule has 0 amide bonds. The number of ether oxygens (including phenoxy) is 10. The van der Waals surface area contributed by atoms with Gasteiger partial charge in [0.25, 0.3) is 0 Å². The van der Waals surface area contributed by atoms with Gasteiger partial charge in [-0.25, -0.2) is 14.4 Å². The lowest BCUT2D eigenvalue weighted by Gasteiger charge is -2.53. The average Bonchev–Trinajstić information content (AvgIpc) is 1.16. The van der Waals surface area contributed by atoms with Crippen molar-refractivity contribution in [3.05, 3.63) is 107 Å². The molecule has 2 aromatic carbocycles. The molecule has 4 saturated heterocycles. The Morgan fingerprint density at radius 2 is 1.30 bits per heavy atom. The van der Waals surface area contributed by atoms with Crippen molar-refractivity contribution < 1.29 is 85.3 Å². The lowest BCUT2D eigenvalue weighted by Crippen LogP contribution is -2.67. The average molecular weight is 1270 g/mol. The van der Waals surface area contributed by atoms with Crippen LogP contribution in [0, 0.1) is 5.92 Å². The van der Waals surface area contributed by atoms with Crippen molar-refractivity contribution in [2.45, 2.75) is 253 Å². The van der Waals surface area contributed by atoms with Gasteiger partial charge in [0, 0.05) is 52.2 Å². The second kappa shape index (κ2) is 30.5. The maximum absolute atomic E-state index is 15.1. The minimum absolute atomic E-state index is 0.00323. The van der Waals surface area contributed by atoms with E-state index in [1.165, 1.54) is 7.11 Å². The van der Waals surface area contributed by atoms with Crippen LogP contribution >= 0.6 is 0 Å². The van der Waals surface area contributed by atoms with Gasteiger partial charge in [-0.15, -0.1) is 0 Å². The van der Waals surface area contributed by atoms with Crippen molar-refractivity contribution in [1.29, 1.82) is 0 Å². The van der Waals surface area contributed by atoms with E-state index in [1.807, 2.05) is 13.0 Å². The molecular formula is C69H100O18Si2. The minimum atomic E-state index is -2.66. The number of esters is 3. The normalized spacial score (nSPS) is 31.9. The molecule has 0 aromatic heterocycles. The number of Topliss-reactive ketones (excluding diaryl/α,β-unsaturated/α-hetero) is 1. The summed E-state index contributed by atoms with van der Waals surface area (Å²) in [6.45, 7) is 27.3. The van der Waals surface area contributed by atoms with Gasteiger partial charge in [0.2, 0.25) is 0 Å². The van der Waals surface area contributed by atoms with Crippen molar-refractivity contribution in [2.24, 2.45) is 5.92 Å². The number of carbonyl (C=O) groups is 5. The van der Waals surface area contributed by atoms with Crippen LogP contribution in [0.25, 0.3) is 0 Å². The number of benzene rings is 2. The van der Waals surface area contributed by atoms with E-state index in [9.17, 15) is 24.3 Å². The van der Waals surface area contributed by atoms with Crippen molar-refractivity contribution in [3.63, 3.8) is 0 Å². The van der Waals surface area contributed by atoms with Crippen LogP contribution < -0.4 is 0 Å². The Balaban J connectivity index is 1.14. The monoisotopic (exact) mass is 1270 g/mol. The van der Waals surface area contributed by atoms with E-state index >= 15 is 4.79 Å². The van der Waals surface area contributed by atoms with Crippen LogP contribution in [0.4, 0.5) is 0 Å². The van der Waals surface area contributed by atoms with Crippen LogP contribution in [0.5, 0.6) is 0 Å². The Bertz CT molecular complexity index is 2810. The summed E-state index contributed by atoms with van der Waals surface area (Å²) in [5, 5.41) is 12.4. The molecule has 8 aliphatic heterocycles. The predicted octanol–water partition coefficient (Wildman–Crippen LogP) is 11.1. The highest BCUT2D eigenvalue weighted by atomic mass is 28.4. The summed E-state index contributed by atoms with van der Waals surface area (Å²) < 4.78 is 78.6. The molecule has 0 saturated carbocycles. The molecule has 10 rings (SSSR count). The SMILES string of the molecule is C=C1CC2CCC(=O)/C=C/C(O[Si](C)(C)C(C)(C)C)[C@@H]3O[C@H]4CCC(CC(=O)C[C@H]5C(C[C@H]6O[C@@H](CCC1O2)CC(C)=C6COC(=O)COC)OC(C[C@@H](COC(=O)c1ccccc1)OC(=O)c1ccccc1)[C@@H]5OC)O[C@@H]4[C@H](O)C3O[Si](C)(C)C(C)(C)C. The van der Waals surface area contributed by atoms with E-state index in [0.29, 0.717) is 56.1 Å². The summed E-state index contributed by atoms with van der Waals surface area (Å²) in [6, 6.07) is 17.1. The standard InChI is InChI=1S/C69H100O18Si2/c1-42-33-49-28-31-54-43(2)34-48(80-54)27-25-46(70)26-30-56(86-88(11,12)68(3,4)5)64-65(87-89(13,14)69(6,7)8)61(73)63-55(85-64)32-29-50(82-63)35-47(71)36-52-57(38-58(81-49)53(42)40-78-60(72)41-76-9)84-59(62(52)77-10)37-51(83-67(75)45-23-19-16-20-24-45)39-79-66(74)44-21-17-15-18-22-44/h15-24,26,30,48-52,54-59,61-65,73H,2,25,27-29,31-41H2,1,3-14H3/b30-26+/t48?,49-,50?,51-,52-,54?,55-,56?,57?,58+,59?,61-,62+,63-,64-,65?/m0/s1. The number of hydrogen-bond acceptors (Lipinski definition) is 18. The van der Waals surface area contributed by atoms with E-state index in [0.717, 1.165) is 16.7 Å². The molecule has 0 aliphatic carbocycles. The van der Waals surface area contributed by atoms with Crippen LogP contribution in [0.2, 0.25) is 36.3 Å². The number of methoxy groups -OCH3 is 2. The zero-order chi connectivity index (χ0) is 64.6. The fraction of sp³-hybridized carbons (Fsp3) is 0.667. The highest BCUT2D eigenvalue weighted by Gasteiger charge is 2.56. The highest BCUT2D eigenvalue weighted by Crippen LogP contribution is 2.46. The molecule has 8 bridgehead atoms. The molecule has 1 N–H and O–H groups in total. The molecule has 492 valence electrons. The van der Waals surface area contributed by atoms with Crippen LogP contribution in [0.1, 0.15) is 146 Å². The summed E-state index contributed by atoms with van der Waals surface area (Å²) in [5.74, 6) is -2.58. The molecule has 4 fully saturated rings. The number of aliphatic hydroxyl groups is 1. The van der Waals surface area contributed by atoms with Crippen LogP contribution in [0.15, 0.2) is 96.1 Å². The van der Waals surface area contributed by atoms with E-state index in [2.05, 4.69) is 74.3 Å². The van der Waals surface area contributed by atoms with Gasteiger partial charge in [0.05, 0.1) is 72.2 Å². The summed E-state index contributed by atoms with van der Waals surface area (Å²) in [5.41, 5.74) is 3.33. The molecular weight excluding hydrogens is 1170 g/mol. The molecule has 7 unspecified atom stereocenters. The zero-order valence-electron chi connectivity index (χ0n) is 54.9. The van der Waals surface area contributed by atoms with E-state index in [4.69, 9.17) is 56.2 Å². The molecule has 20 heteroatoms. The van der Waals surface area contributed by atoms with E-state index in [-0.39, 0.29) is 91.9 Å². The molecule has 8 aliphatic rings. The maximum atomic E-state index is 15.1. The largest absolute Gasteiger partial charge is 0.459 e. The summed E-state index contributed by atoms with van der Waals surface area (Å²) in [6.07, 6.45) is -2.76. The smallest absolute Gasteiger partial charge is 0.338 e. The van der Waals surface area contributed by atoms with Gasteiger partial charge >= 0.3 is 17.9 Å². The van der Waals surface area contributed by atoms with Crippen LogP contribution in [0.3, 0.4) is 0 Å². The lowest BCUT2D eigenvalue weighted by atomic mass is 9.83. The predicted molar refractivity (Wildman–Crippen MR) is 339 cm³/mol. The first-order valence-electron chi connectivity index (χ1n) is 32.1. The van der Waals surface area contributed by atoms with Gasteiger partial charge in [-0.2, -0.15) is 0 Å². The maximum Gasteiger partial charge on any atom is 0.338 e. The highest BCUT2D eigenvalue weighted by molar-refractivity contribution is 6.74. The Morgan fingerprint density at radius 3 is 1.96 bits per heavy atom. The second-order valence-electron chi connectivity index (χ2n) is 28.4. The van der Waals surface area contributed by atoms with Crippen LogP contribution in [-0.2, 0) is 70.6 Å². The number of aliphatic hydroxyl groups excluding tert-OH is 1. The van der Waals surface area contributed by atoms with E-state index in [1.54, 1.807) is 73.8 Å². The number of hydrogen-bond donors (Lipinski definition) is 1. The van der Waals surface area contributed by atoms with Crippen molar-refractivity contribution in [1.82, 2.24) is 0 Å². The quantitative estimate of drug-likeness (QED) is 0.0715. The second-order valence-corrected chi connectivity index (χ2v) is 37.9. The van der Waals surface area contributed by atoms with Gasteiger partial charge in [-0.3, -0.25) is 9.59 Å². The number of allylic oxidation sites excluding steroid dienone is 1. The Kier molecular flexibility index (Phi) is 24.1. The molecule has 16 atom stereocenters.